The first kappa shape index (κ1) is 16.6. The zero-order chi connectivity index (χ0) is 17.1. The number of carbonyl (C=O) groups excluding carboxylic acids is 1. The first-order chi connectivity index (χ1) is 11.6. The van der Waals surface area contributed by atoms with Gasteiger partial charge in [0, 0.05) is 31.4 Å². The van der Waals surface area contributed by atoms with Gasteiger partial charge < -0.3 is 9.64 Å². The van der Waals surface area contributed by atoms with Gasteiger partial charge in [-0.1, -0.05) is 6.07 Å². The number of ether oxygens (including phenoxy) is 1. The number of imidazole rings is 1. The van der Waals surface area contributed by atoms with Gasteiger partial charge in [0.2, 0.25) is 0 Å². The number of pyridine rings is 1. The average Bonchev–Trinajstić information content (AvgIpc) is 3.17. The predicted molar refractivity (Wildman–Crippen MR) is 93.4 cm³/mol. The molecular formula is C17H20N4O2S. The van der Waals surface area contributed by atoms with Crippen LogP contribution in [0.4, 0.5) is 0 Å². The largest absolute Gasteiger partial charge is 0.383 e. The molecule has 0 aromatic carbocycles. The van der Waals surface area contributed by atoms with Gasteiger partial charge in [-0.15, -0.1) is 11.3 Å². The van der Waals surface area contributed by atoms with Gasteiger partial charge in [0.25, 0.3) is 5.91 Å². The van der Waals surface area contributed by atoms with Gasteiger partial charge in [0.05, 0.1) is 18.8 Å². The third-order valence-corrected chi connectivity index (χ3v) is 4.57. The number of rotatable bonds is 6. The second-order valence-corrected chi connectivity index (χ2v) is 6.60. The highest BCUT2D eigenvalue weighted by Gasteiger charge is 2.23. The quantitative estimate of drug-likeness (QED) is 0.690. The highest BCUT2D eigenvalue weighted by atomic mass is 32.1. The summed E-state index contributed by atoms with van der Waals surface area (Å²) in [7, 11) is 1.63. The minimum absolute atomic E-state index is 0.0575. The lowest BCUT2D eigenvalue weighted by atomic mass is 10.2. The number of amides is 1. The molecule has 0 aliphatic heterocycles. The molecule has 0 saturated heterocycles. The normalized spacial score (nSPS) is 11.1. The van der Waals surface area contributed by atoms with Crippen LogP contribution in [0.5, 0.6) is 0 Å². The molecule has 0 N–H and O–H groups in total. The van der Waals surface area contributed by atoms with Crippen LogP contribution in [-0.2, 0) is 11.3 Å². The molecule has 1 amide bonds. The molecule has 6 nitrogen and oxygen atoms in total. The van der Waals surface area contributed by atoms with E-state index in [0.717, 1.165) is 21.9 Å². The van der Waals surface area contributed by atoms with Gasteiger partial charge in [-0.3, -0.25) is 9.20 Å². The summed E-state index contributed by atoms with van der Waals surface area (Å²) >= 11 is 1.54. The topological polar surface area (TPSA) is 59.7 Å². The number of hydrogen-bond acceptors (Lipinski definition) is 5. The molecule has 126 valence electrons. The zero-order valence-electron chi connectivity index (χ0n) is 14.0. The Morgan fingerprint density at radius 1 is 1.38 bits per heavy atom. The lowest BCUT2D eigenvalue weighted by Gasteiger charge is -2.21. The van der Waals surface area contributed by atoms with Crippen molar-refractivity contribution in [3.8, 4) is 0 Å². The van der Waals surface area contributed by atoms with E-state index in [1.54, 1.807) is 29.5 Å². The SMILES string of the molecule is COCCN(Cc1nccs1)C(=O)c1c(C)nc2ccc(C)cn12. The molecule has 3 aromatic heterocycles. The van der Waals surface area contributed by atoms with E-state index in [1.165, 1.54) is 0 Å². The van der Waals surface area contributed by atoms with Crippen LogP contribution in [0.15, 0.2) is 29.9 Å². The second kappa shape index (κ2) is 7.11. The van der Waals surface area contributed by atoms with Crippen LogP contribution in [0.1, 0.15) is 26.8 Å². The lowest BCUT2D eigenvalue weighted by Crippen LogP contribution is -2.34. The third-order valence-electron chi connectivity index (χ3n) is 3.81. The fraction of sp³-hybridized carbons (Fsp3) is 0.353. The second-order valence-electron chi connectivity index (χ2n) is 5.63. The molecule has 0 aliphatic rings. The van der Waals surface area contributed by atoms with Crippen molar-refractivity contribution in [1.29, 1.82) is 0 Å². The van der Waals surface area contributed by atoms with E-state index in [4.69, 9.17) is 4.74 Å². The number of aryl methyl sites for hydroxylation is 2. The maximum absolute atomic E-state index is 13.2. The minimum atomic E-state index is -0.0575. The monoisotopic (exact) mass is 344 g/mol. The summed E-state index contributed by atoms with van der Waals surface area (Å²) in [5.74, 6) is -0.0575. The number of thiazole rings is 1. The Balaban J connectivity index is 1.97. The minimum Gasteiger partial charge on any atom is -0.383 e. The predicted octanol–water partition coefficient (Wildman–Crippen LogP) is 2.70. The summed E-state index contributed by atoms with van der Waals surface area (Å²) in [6, 6.07) is 3.92. The van der Waals surface area contributed by atoms with E-state index in [2.05, 4.69) is 9.97 Å². The maximum atomic E-state index is 13.2. The molecular weight excluding hydrogens is 324 g/mol. The fourth-order valence-electron chi connectivity index (χ4n) is 2.62. The van der Waals surface area contributed by atoms with E-state index in [0.29, 0.717) is 25.4 Å². The summed E-state index contributed by atoms with van der Waals surface area (Å²) in [5.41, 5.74) is 3.19. The zero-order valence-corrected chi connectivity index (χ0v) is 14.8. The molecule has 24 heavy (non-hydrogen) atoms. The van der Waals surface area contributed by atoms with Crippen molar-refractivity contribution in [3.63, 3.8) is 0 Å². The van der Waals surface area contributed by atoms with Crippen molar-refractivity contribution in [3.05, 3.63) is 51.9 Å². The summed E-state index contributed by atoms with van der Waals surface area (Å²) in [6.07, 6.45) is 3.70. The molecule has 0 bridgehead atoms. The number of nitrogens with zero attached hydrogens (tertiary/aromatic N) is 4. The van der Waals surface area contributed by atoms with Gasteiger partial charge in [-0.05, 0) is 25.5 Å². The molecule has 7 heteroatoms. The number of methoxy groups -OCH3 is 1. The van der Waals surface area contributed by atoms with Gasteiger partial charge in [0.15, 0.2) is 0 Å². The number of aromatic nitrogens is 3. The lowest BCUT2D eigenvalue weighted by molar-refractivity contribution is 0.0672. The van der Waals surface area contributed by atoms with Crippen LogP contribution in [0, 0.1) is 13.8 Å². The van der Waals surface area contributed by atoms with E-state index in [-0.39, 0.29) is 5.91 Å². The highest BCUT2D eigenvalue weighted by molar-refractivity contribution is 7.09. The first-order valence-corrected chi connectivity index (χ1v) is 8.60. The van der Waals surface area contributed by atoms with Crippen molar-refractivity contribution >= 4 is 22.9 Å². The van der Waals surface area contributed by atoms with Gasteiger partial charge in [0.1, 0.15) is 16.3 Å². The molecule has 0 saturated carbocycles. The number of hydrogen-bond donors (Lipinski definition) is 0. The molecule has 3 rings (SSSR count). The molecule has 0 aliphatic carbocycles. The Kier molecular flexibility index (Phi) is 4.92. The highest BCUT2D eigenvalue weighted by Crippen LogP contribution is 2.17. The Hall–Kier alpha value is -2.25. The van der Waals surface area contributed by atoms with Gasteiger partial charge in [-0.2, -0.15) is 0 Å². The number of carbonyl (C=O) groups is 1. The van der Waals surface area contributed by atoms with E-state index < -0.39 is 0 Å². The van der Waals surface area contributed by atoms with Crippen molar-refractivity contribution in [1.82, 2.24) is 19.3 Å². The third kappa shape index (κ3) is 3.32. The molecule has 0 fully saturated rings. The molecule has 0 unspecified atom stereocenters. The van der Waals surface area contributed by atoms with Crippen molar-refractivity contribution < 1.29 is 9.53 Å². The van der Waals surface area contributed by atoms with Crippen LogP contribution in [0.2, 0.25) is 0 Å². The molecule has 3 aromatic rings. The summed E-state index contributed by atoms with van der Waals surface area (Å²) < 4.78 is 7.03. The summed E-state index contributed by atoms with van der Waals surface area (Å²) in [4.78, 5) is 23.7. The molecule has 0 radical (unpaired) electrons. The Morgan fingerprint density at radius 3 is 2.92 bits per heavy atom. The molecule has 0 atom stereocenters. The van der Waals surface area contributed by atoms with Crippen LogP contribution in [-0.4, -0.2) is 45.4 Å². The first-order valence-electron chi connectivity index (χ1n) is 7.72. The Bertz CT molecular complexity index is 842. The summed E-state index contributed by atoms with van der Waals surface area (Å²) in [6.45, 7) is 5.33. The smallest absolute Gasteiger partial charge is 0.273 e. The number of fused-ring (bicyclic) bond motifs is 1. The van der Waals surface area contributed by atoms with E-state index in [1.807, 2.05) is 42.0 Å². The van der Waals surface area contributed by atoms with Crippen LogP contribution < -0.4 is 0 Å². The van der Waals surface area contributed by atoms with Crippen molar-refractivity contribution in [2.45, 2.75) is 20.4 Å². The van der Waals surface area contributed by atoms with Crippen LogP contribution in [0.3, 0.4) is 0 Å². The van der Waals surface area contributed by atoms with Crippen molar-refractivity contribution in [2.24, 2.45) is 0 Å². The maximum Gasteiger partial charge on any atom is 0.273 e. The fourth-order valence-corrected chi connectivity index (χ4v) is 3.26. The molecule has 3 heterocycles. The Morgan fingerprint density at radius 2 is 2.21 bits per heavy atom. The van der Waals surface area contributed by atoms with Crippen LogP contribution >= 0.6 is 11.3 Å². The van der Waals surface area contributed by atoms with Crippen molar-refractivity contribution in [2.75, 3.05) is 20.3 Å². The molecule has 0 spiro atoms. The van der Waals surface area contributed by atoms with Crippen LogP contribution in [0.25, 0.3) is 5.65 Å². The van der Waals surface area contributed by atoms with E-state index in [9.17, 15) is 4.79 Å². The van der Waals surface area contributed by atoms with Gasteiger partial charge in [-0.25, -0.2) is 9.97 Å². The van der Waals surface area contributed by atoms with Gasteiger partial charge >= 0.3 is 0 Å². The Labute approximate surface area is 144 Å². The summed E-state index contributed by atoms with van der Waals surface area (Å²) in [5, 5.41) is 2.82. The standard InChI is InChI=1S/C17H20N4O2S/c1-12-4-5-14-19-13(2)16(21(14)10-12)17(22)20(7-8-23-3)11-15-18-6-9-24-15/h4-6,9-10H,7-8,11H2,1-3H3. The average molecular weight is 344 g/mol. The van der Waals surface area contributed by atoms with E-state index >= 15 is 0 Å².